The second-order valence-corrected chi connectivity index (χ2v) is 7.83. The standard InChI is InChI=1S/C25H27N3O3S/c1-6-9-16(3)23(32)22-17(4)27-28(21-11-8-7-10-15(21)2)24(22)26-20-13-12-18(31-5)14-19(20)25(29)30/h6-14,26,32H,1-5H3,(H,29,30)/b9-6+,23-16-. The molecule has 166 valence electrons. The lowest BCUT2D eigenvalue weighted by molar-refractivity contribution is 0.0697. The summed E-state index contributed by atoms with van der Waals surface area (Å²) >= 11 is 4.80. The zero-order valence-corrected chi connectivity index (χ0v) is 19.7. The van der Waals surface area contributed by atoms with Gasteiger partial charge in [-0.2, -0.15) is 5.10 Å². The summed E-state index contributed by atoms with van der Waals surface area (Å²) in [4.78, 5) is 12.7. The van der Waals surface area contributed by atoms with Crippen molar-refractivity contribution in [2.24, 2.45) is 0 Å². The SMILES string of the molecule is C/C=C/C(C)=C(\S)c1c(C)nn(-c2ccccc2C)c1Nc1ccc(OC)cc1C(=O)O. The van der Waals surface area contributed by atoms with Crippen LogP contribution in [0, 0.1) is 13.8 Å². The highest BCUT2D eigenvalue weighted by atomic mass is 32.1. The number of aryl methyl sites for hydroxylation is 2. The lowest BCUT2D eigenvalue weighted by Crippen LogP contribution is -2.08. The summed E-state index contributed by atoms with van der Waals surface area (Å²) in [6.45, 7) is 7.85. The highest BCUT2D eigenvalue weighted by molar-refractivity contribution is 7.90. The highest BCUT2D eigenvalue weighted by Crippen LogP contribution is 2.37. The van der Waals surface area contributed by atoms with E-state index < -0.39 is 5.97 Å². The number of rotatable bonds is 7. The van der Waals surface area contributed by atoms with Crippen molar-refractivity contribution in [2.75, 3.05) is 12.4 Å². The molecule has 0 amide bonds. The molecule has 0 aliphatic rings. The molecule has 0 aliphatic carbocycles. The van der Waals surface area contributed by atoms with E-state index in [1.807, 2.05) is 64.1 Å². The highest BCUT2D eigenvalue weighted by Gasteiger charge is 2.22. The molecular formula is C25H27N3O3S. The third-order valence-corrected chi connectivity index (χ3v) is 5.72. The molecule has 0 aliphatic heterocycles. The Hall–Kier alpha value is -3.45. The van der Waals surface area contributed by atoms with E-state index in [1.54, 1.807) is 16.8 Å². The Morgan fingerprint density at radius 3 is 2.56 bits per heavy atom. The molecule has 6 nitrogen and oxygen atoms in total. The zero-order chi connectivity index (χ0) is 23.4. The first-order valence-corrected chi connectivity index (χ1v) is 10.6. The first-order chi connectivity index (χ1) is 15.3. The minimum absolute atomic E-state index is 0.0976. The number of carboxylic acid groups (broad SMARTS) is 1. The lowest BCUT2D eigenvalue weighted by Gasteiger charge is -2.16. The fourth-order valence-corrected chi connectivity index (χ4v) is 3.83. The molecule has 0 spiro atoms. The van der Waals surface area contributed by atoms with Gasteiger partial charge >= 0.3 is 5.97 Å². The van der Waals surface area contributed by atoms with Gasteiger partial charge in [0.15, 0.2) is 0 Å². The quantitative estimate of drug-likeness (QED) is 0.297. The van der Waals surface area contributed by atoms with Gasteiger partial charge in [-0.05, 0) is 63.1 Å². The normalized spacial score (nSPS) is 12.1. The van der Waals surface area contributed by atoms with Crippen molar-refractivity contribution in [2.45, 2.75) is 27.7 Å². The van der Waals surface area contributed by atoms with Gasteiger partial charge in [0, 0.05) is 4.91 Å². The molecule has 0 unspecified atom stereocenters. The minimum Gasteiger partial charge on any atom is -0.497 e. The van der Waals surface area contributed by atoms with Crippen LogP contribution in [-0.4, -0.2) is 28.0 Å². The summed E-state index contributed by atoms with van der Waals surface area (Å²) in [5.74, 6) is 0.0483. The van der Waals surface area contributed by atoms with E-state index in [1.165, 1.54) is 13.2 Å². The van der Waals surface area contributed by atoms with Gasteiger partial charge in [-0.3, -0.25) is 0 Å². The summed E-state index contributed by atoms with van der Waals surface area (Å²) < 4.78 is 7.01. The number of aromatic carboxylic acids is 1. The van der Waals surface area contributed by atoms with Crippen molar-refractivity contribution in [1.29, 1.82) is 0 Å². The van der Waals surface area contributed by atoms with Crippen molar-refractivity contribution < 1.29 is 14.6 Å². The number of nitrogens with zero attached hydrogens (tertiary/aromatic N) is 2. The van der Waals surface area contributed by atoms with Gasteiger partial charge in [0.25, 0.3) is 0 Å². The van der Waals surface area contributed by atoms with Gasteiger partial charge in [-0.25, -0.2) is 9.48 Å². The molecule has 7 heteroatoms. The van der Waals surface area contributed by atoms with E-state index in [0.29, 0.717) is 17.3 Å². The van der Waals surface area contributed by atoms with Crippen LogP contribution in [0.15, 0.2) is 60.2 Å². The van der Waals surface area contributed by atoms with Gasteiger partial charge in [0.2, 0.25) is 0 Å². The van der Waals surface area contributed by atoms with Crippen LogP contribution in [0.5, 0.6) is 5.75 Å². The smallest absolute Gasteiger partial charge is 0.337 e. The fourth-order valence-electron chi connectivity index (χ4n) is 3.49. The predicted octanol–water partition coefficient (Wildman–Crippen LogP) is 6.18. The second kappa shape index (κ2) is 9.78. The molecule has 0 saturated carbocycles. The van der Waals surface area contributed by atoms with Gasteiger partial charge in [-0.1, -0.05) is 30.4 Å². The minimum atomic E-state index is -1.06. The Morgan fingerprint density at radius 1 is 1.22 bits per heavy atom. The summed E-state index contributed by atoms with van der Waals surface area (Å²) in [6, 6.07) is 12.8. The molecule has 0 radical (unpaired) electrons. The average molecular weight is 450 g/mol. The summed E-state index contributed by atoms with van der Waals surface area (Å²) in [5.41, 5.74) is 5.00. The number of methoxy groups -OCH3 is 1. The number of hydrogen-bond acceptors (Lipinski definition) is 5. The topological polar surface area (TPSA) is 76.4 Å². The number of carbonyl (C=O) groups is 1. The van der Waals surface area contributed by atoms with Crippen molar-refractivity contribution in [3.63, 3.8) is 0 Å². The maximum absolute atomic E-state index is 12.0. The molecule has 1 heterocycles. The Morgan fingerprint density at radius 2 is 1.94 bits per heavy atom. The summed E-state index contributed by atoms with van der Waals surface area (Å²) in [5, 5.41) is 17.9. The van der Waals surface area contributed by atoms with E-state index in [2.05, 4.69) is 5.32 Å². The van der Waals surface area contributed by atoms with E-state index in [9.17, 15) is 9.90 Å². The summed E-state index contributed by atoms with van der Waals surface area (Å²) in [7, 11) is 1.50. The van der Waals surface area contributed by atoms with Crippen LogP contribution in [0.3, 0.4) is 0 Å². The first-order valence-electron chi connectivity index (χ1n) is 10.1. The van der Waals surface area contributed by atoms with Crippen molar-refractivity contribution in [3.8, 4) is 11.4 Å². The molecule has 32 heavy (non-hydrogen) atoms. The van der Waals surface area contributed by atoms with E-state index in [4.69, 9.17) is 22.5 Å². The second-order valence-electron chi connectivity index (χ2n) is 7.38. The predicted molar refractivity (Wildman–Crippen MR) is 133 cm³/mol. The van der Waals surface area contributed by atoms with Crippen LogP contribution in [-0.2, 0) is 0 Å². The van der Waals surface area contributed by atoms with Crippen LogP contribution < -0.4 is 10.1 Å². The number of ether oxygens (including phenoxy) is 1. The number of carboxylic acids is 1. The summed E-state index contributed by atoms with van der Waals surface area (Å²) in [6.07, 6.45) is 3.93. The van der Waals surface area contributed by atoms with Crippen LogP contribution in [0.2, 0.25) is 0 Å². The number of para-hydroxylation sites is 1. The van der Waals surface area contributed by atoms with Crippen molar-refractivity contribution in [1.82, 2.24) is 9.78 Å². The fraction of sp³-hybridized carbons (Fsp3) is 0.200. The Balaban J connectivity index is 2.29. The number of anilines is 2. The number of benzene rings is 2. The molecule has 0 bridgehead atoms. The van der Waals surface area contributed by atoms with Crippen LogP contribution in [0.1, 0.15) is 41.0 Å². The maximum atomic E-state index is 12.0. The number of thiol groups is 1. The molecule has 0 fully saturated rings. The van der Waals surface area contributed by atoms with Gasteiger partial charge in [0.1, 0.15) is 11.6 Å². The van der Waals surface area contributed by atoms with Crippen LogP contribution >= 0.6 is 12.6 Å². The van der Waals surface area contributed by atoms with E-state index >= 15 is 0 Å². The average Bonchev–Trinajstić information content (AvgIpc) is 3.09. The van der Waals surface area contributed by atoms with Gasteiger partial charge in [-0.15, -0.1) is 12.6 Å². The monoisotopic (exact) mass is 449 g/mol. The lowest BCUT2D eigenvalue weighted by atomic mass is 10.1. The third-order valence-electron chi connectivity index (χ3n) is 5.14. The number of nitrogens with one attached hydrogen (secondary N) is 1. The molecule has 3 aromatic rings. The molecular weight excluding hydrogens is 422 g/mol. The Bertz CT molecular complexity index is 1230. The largest absolute Gasteiger partial charge is 0.497 e. The van der Waals surface area contributed by atoms with Gasteiger partial charge in [0.05, 0.1) is 35.3 Å². The Labute approximate surface area is 193 Å². The molecule has 2 aromatic carbocycles. The number of aromatic nitrogens is 2. The van der Waals surface area contributed by atoms with E-state index in [0.717, 1.165) is 33.0 Å². The van der Waals surface area contributed by atoms with Crippen LogP contribution in [0.4, 0.5) is 11.5 Å². The van der Waals surface area contributed by atoms with Gasteiger partial charge < -0.3 is 15.2 Å². The molecule has 3 rings (SSSR count). The molecule has 1 aromatic heterocycles. The first kappa shape index (κ1) is 23.2. The molecule has 2 N–H and O–H groups in total. The zero-order valence-electron chi connectivity index (χ0n) is 18.8. The molecule has 0 saturated heterocycles. The van der Waals surface area contributed by atoms with Crippen molar-refractivity contribution >= 4 is 35.0 Å². The maximum Gasteiger partial charge on any atom is 0.337 e. The van der Waals surface area contributed by atoms with Crippen LogP contribution in [0.25, 0.3) is 10.6 Å². The number of allylic oxidation sites excluding steroid dienone is 3. The third kappa shape index (κ3) is 4.57. The van der Waals surface area contributed by atoms with Crippen molar-refractivity contribution in [3.05, 3.63) is 82.6 Å². The number of hydrogen-bond donors (Lipinski definition) is 3. The Kier molecular flexibility index (Phi) is 7.10. The molecule has 0 atom stereocenters. The van der Waals surface area contributed by atoms with E-state index in [-0.39, 0.29) is 5.56 Å².